The zero-order valence-electron chi connectivity index (χ0n) is 22.0. The second-order valence-corrected chi connectivity index (χ2v) is 10.4. The van der Waals surface area contributed by atoms with Gasteiger partial charge < -0.3 is 26.4 Å². The third kappa shape index (κ3) is 7.90. The van der Waals surface area contributed by atoms with E-state index in [9.17, 15) is 19.5 Å². The van der Waals surface area contributed by atoms with Gasteiger partial charge in [0.2, 0.25) is 17.7 Å². The first kappa shape index (κ1) is 30.5. The van der Waals surface area contributed by atoms with E-state index >= 15 is 0 Å². The summed E-state index contributed by atoms with van der Waals surface area (Å²) in [5.41, 5.74) is 5.82. The number of carbonyl (C=O) groups is 3. The van der Waals surface area contributed by atoms with Crippen LogP contribution in [-0.4, -0.2) is 65.5 Å². The highest BCUT2D eigenvalue weighted by atomic mass is 35.5. The van der Waals surface area contributed by atoms with Crippen LogP contribution in [0.25, 0.3) is 10.8 Å². The number of hydrogen-bond donors (Lipinski definition) is 4. The van der Waals surface area contributed by atoms with Crippen LogP contribution in [0, 0.1) is 5.41 Å². The first-order chi connectivity index (χ1) is 17.2. The zero-order chi connectivity index (χ0) is 26.3. The van der Waals surface area contributed by atoms with Gasteiger partial charge in [0.25, 0.3) is 0 Å². The third-order valence-electron chi connectivity index (χ3n) is 6.94. The molecule has 0 saturated carbocycles. The fourth-order valence-electron chi connectivity index (χ4n) is 4.91. The number of halogens is 1. The SMILES string of the molecule is CCCC(C)(C)C(=O)N1CCCC1C(=O)N[C@H](Cc1ccc2ccccc2c1)C(=O)NCC(O)CN.Cl. The van der Waals surface area contributed by atoms with Crippen LogP contribution in [0.4, 0.5) is 0 Å². The number of hydrogen-bond acceptors (Lipinski definition) is 5. The van der Waals surface area contributed by atoms with Crippen LogP contribution in [0.1, 0.15) is 52.0 Å². The second kappa shape index (κ2) is 13.7. The first-order valence-electron chi connectivity index (χ1n) is 12.9. The molecule has 2 aromatic carbocycles. The van der Waals surface area contributed by atoms with Crippen molar-refractivity contribution in [1.82, 2.24) is 15.5 Å². The van der Waals surface area contributed by atoms with E-state index in [1.807, 2.05) is 63.2 Å². The number of nitrogens with two attached hydrogens (primary N) is 1. The molecule has 0 radical (unpaired) electrons. The maximum atomic E-state index is 13.4. The molecule has 0 aliphatic carbocycles. The van der Waals surface area contributed by atoms with Crippen LogP contribution in [0.15, 0.2) is 42.5 Å². The van der Waals surface area contributed by atoms with Crippen LogP contribution in [-0.2, 0) is 20.8 Å². The van der Waals surface area contributed by atoms with Crippen molar-refractivity contribution in [2.24, 2.45) is 11.1 Å². The van der Waals surface area contributed by atoms with Gasteiger partial charge in [0.15, 0.2) is 0 Å². The number of rotatable bonds is 11. The Bertz CT molecular complexity index is 1080. The summed E-state index contributed by atoms with van der Waals surface area (Å²) < 4.78 is 0. The smallest absolute Gasteiger partial charge is 0.243 e. The van der Waals surface area contributed by atoms with E-state index in [2.05, 4.69) is 10.6 Å². The predicted molar refractivity (Wildman–Crippen MR) is 148 cm³/mol. The first-order valence-corrected chi connectivity index (χ1v) is 12.9. The lowest BCUT2D eigenvalue weighted by Gasteiger charge is -2.33. The second-order valence-electron chi connectivity index (χ2n) is 10.4. The Morgan fingerprint density at radius 3 is 2.54 bits per heavy atom. The lowest BCUT2D eigenvalue weighted by Crippen LogP contribution is -2.55. The third-order valence-corrected chi connectivity index (χ3v) is 6.94. The molecule has 1 saturated heterocycles. The van der Waals surface area contributed by atoms with Crippen molar-refractivity contribution in [3.05, 3.63) is 48.0 Å². The summed E-state index contributed by atoms with van der Waals surface area (Å²) in [4.78, 5) is 41.4. The van der Waals surface area contributed by atoms with Gasteiger partial charge in [0.1, 0.15) is 12.1 Å². The van der Waals surface area contributed by atoms with E-state index in [1.165, 1.54) is 0 Å². The Morgan fingerprint density at radius 1 is 1.16 bits per heavy atom. The number of aliphatic hydroxyl groups is 1. The molecule has 8 nitrogen and oxygen atoms in total. The van der Waals surface area contributed by atoms with Gasteiger partial charge in [0.05, 0.1) is 6.10 Å². The molecule has 37 heavy (non-hydrogen) atoms. The van der Waals surface area contributed by atoms with Crippen molar-refractivity contribution in [2.45, 2.75) is 71.1 Å². The zero-order valence-corrected chi connectivity index (χ0v) is 22.9. The molecular weight excluding hydrogens is 492 g/mol. The lowest BCUT2D eigenvalue weighted by molar-refractivity contribution is -0.146. The van der Waals surface area contributed by atoms with Crippen molar-refractivity contribution in [3.63, 3.8) is 0 Å². The molecule has 1 fully saturated rings. The standard InChI is InChI=1S/C28H40N4O4.ClH/c1-4-13-28(2,3)27(36)32-14-7-10-24(32)26(35)31-23(25(34)30-18-22(33)17-29)16-19-11-12-20-8-5-6-9-21(20)15-19;/h5-6,8-9,11-12,15,22-24,33H,4,7,10,13-14,16-18,29H2,1-3H3,(H,30,34)(H,31,35);1H/t22?,23-,24?;/m1./s1. The van der Waals surface area contributed by atoms with Gasteiger partial charge in [0, 0.05) is 31.5 Å². The van der Waals surface area contributed by atoms with Gasteiger partial charge in [-0.15, -0.1) is 12.4 Å². The molecule has 0 aromatic heterocycles. The van der Waals surface area contributed by atoms with Crippen molar-refractivity contribution in [3.8, 4) is 0 Å². The molecule has 1 aliphatic heterocycles. The maximum Gasteiger partial charge on any atom is 0.243 e. The number of nitrogens with zero attached hydrogens (tertiary/aromatic N) is 1. The summed E-state index contributed by atoms with van der Waals surface area (Å²) in [6.45, 7) is 6.44. The van der Waals surface area contributed by atoms with E-state index in [1.54, 1.807) is 4.90 Å². The monoisotopic (exact) mass is 532 g/mol. The fourth-order valence-corrected chi connectivity index (χ4v) is 4.91. The largest absolute Gasteiger partial charge is 0.390 e. The average Bonchev–Trinajstić information content (AvgIpc) is 3.36. The summed E-state index contributed by atoms with van der Waals surface area (Å²) in [5.74, 6) is -0.747. The number of carbonyl (C=O) groups excluding carboxylic acids is 3. The highest BCUT2D eigenvalue weighted by molar-refractivity contribution is 5.93. The quantitative estimate of drug-likeness (QED) is 0.354. The summed E-state index contributed by atoms with van der Waals surface area (Å²) >= 11 is 0. The minimum atomic E-state index is -0.866. The van der Waals surface area contributed by atoms with Gasteiger partial charge in [-0.3, -0.25) is 14.4 Å². The van der Waals surface area contributed by atoms with Gasteiger partial charge in [-0.2, -0.15) is 0 Å². The van der Waals surface area contributed by atoms with Crippen LogP contribution in [0.3, 0.4) is 0 Å². The average molecular weight is 533 g/mol. The van der Waals surface area contributed by atoms with Crippen molar-refractivity contribution < 1.29 is 19.5 Å². The lowest BCUT2D eigenvalue weighted by atomic mass is 9.86. The molecular formula is C28H41ClN4O4. The van der Waals surface area contributed by atoms with E-state index in [0.717, 1.165) is 35.6 Å². The number of amides is 3. The molecule has 2 aromatic rings. The summed E-state index contributed by atoms with van der Waals surface area (Å²) in [7, 11) is 0. The van der Waals surface area contributed by atoms with E-state index in [4.69, 9.17) is 5.73 Å². The molecule has 3 atom stereocenters. The van der Waals surface area contributed by atoms with Crippen molar-refractivity contribution in [1.29, 1.82) is 0 Å². The minimum absolute atomic E-state index is 0. The Hall–Kier alpha value is -2.68. The molecule has 5 N–H and O–H groups in total. The van der Waals surface area contributed by atoms with Crippen LogP contribution >= 0.6 is 12.4 Å². The van der Waals surface area contributed by atoms with Gasteiger partial charge in [-0.05, 0) is 35.6 Å². The van der Waals surface area contributed by atoms with Gasteiger partial charge >= 0.3 is 0 Å². The fraction of sp³-hybridized carbons (Fsp3) is 0.536. The molecule has 0 spiro atoms. The summed E-state index contributed by atoms with van der Waals surface area (Å²) in [5, 5.41) is 17.5. The molecule has 3 rings (SSSR count). The maximum absolute atomic E-state index is 13.4. The minimum Gasteiger partial charge on any atom is -0.390 e. The summed E-state index contributed by atoms with van der Waals surface area (Å²) in [6.07, 6.45) is 2.35. The number of aliphatic hydroxyl groups excluding tert-OH is 1. The van der Waals surface area contributed by atoms with E-state index in [-0.39, 0.29) is 43.7 Å². The molecule has 1 heterocycles. The Kier molecular flexibility index (Phi) is 11.3. The molecule has 2 unspecified atom stereocenters. The van der Waals surface area contributed by atoms with E-state index < -0.39 is 29.5 Å². The highest BCUT2D eigenvalue weighted by Crippen LogP contribution is 2.30. The number of nitrogens with one attached hydrogen (secondary N) is 2. The van der Waals surface area contributed by atoms with Gasteiger partial charge in [-0.25, -0.2) is 0 Å². The number of benzene rings is 2. The topological polar surface area (TPSA) is 125 Å². The molecule has 1 aliphatic rings. The van der Waals surface area contributed by atoms with Gasteiger partial charge in [-0.1, -0.05) is 69.7 Å². The van der Waals surface area contributed by atoms with Crippen LogP contribution in [0.2, 0.25) is 0 Å². The Balaban J connectivity index is 0.00000481. The number of likely N-dealkylation sites (tertiary alicyclic amines) is 1. The summed E-state index contributed by atoms with van der Waals surface area (Å²) in [6, 6.07) is 12.4. The van der Waals surface area contributed by atoms with Crippen molar-refractivity contribution >= 4 is 40.9 Å². The molecule has 0 bridgehead atoms. The van der Waals surface area contributed by atoms with E-state index in [0.29, 0.717) is 13.0 Å². The Labute approximate surface area is 225 Å². The van der Waals surface area contributed by atoms with Crippen LogP contribution < -0.4 is 16.4 Å². The van der Waals surface area contributed by atoms with Crippen molar-refractivity contribution in [2.75, 3.05) is 19.6 Å². The predicted octanol–water partition coefficient (Wildman–Crippen LogP) is 2.54. The molecule has 9 heteroatoms. The van der Waals surface area contributed by atoms with Crippen LogP contribution in [0.5, 0.6) is 0 Å². The highest BCUT2D eigenvalue weighted by Gasteiger charge is 2.41. The molecule has 204 valence electrons. The normalized spacial score (nSPS) is 17.1. The Morgan fingerprint density at radius 2 is 1.86 bits per heavy atom. The number of fused-ring (bicyclic) bond motifs is 1. The molecule has 3 amide bonds.